The van der Waals surface area contributed by atoms with Crippen LogP contribution >= 0.6 is 0 Å². The largest absolute Gasteiger partial charge is 0.490 e. The summed E-state index contributed by atoms with van der Waals surface area (Å²) < 4.78 is 16.2. The molecule has 1 N–H and O–H groups in total. The lowest BCUT2D eigenvalue weighted by molar-refractivity contribution is -0.383. The van der Waals surface area contributed by atoms with E-state index in [2.05, 4.69) is 5.32 Å². The molecule has 9 nitrogen and oxygen atoms in total. The first-order valence-electron chi connectivity index (χ1n) is 9.41. The number of benzene rings is 2. The number of nitrogens with zero attached hydrogens (tertiary/aromatic N) is 1. The topological polar surface area (TPSA) is 117 Å². The Bertz CT molecular complexity index is 912. The number of esters is 1. The molecule has 0 spiro atoms. The summed E-state index contributed by atoms with van der Waals surface area (Å²) in [5.74, 6) is -0.195. The van der Waals surface area contributed by atoms with Gasteiger partial charge in [-0.2, -0.15) is 0 Å². The van der Waals surface area contributed by atoms with E-state index in [1.54, 1.807) is 12.1 Å². The first-order chi connectivity index (χ1) is 14.3. The molecule has 0 heterocycles. The van der Waals surface area contributed by atoms with Gasteiger partial charge in [0.15, 0.2) is 18.1 Å². The molecule has 0 atom stereocenters. The molecule has 0 aliphatic carbocycles. The minimum absolute atomic E-state index is 0.0221. The number of carbonyl (C=O) groups excluding carboxylic acids is 2. The van der Waals surface area contributed by atoms with Crippen molar-refractivity contribution >= 4 is 23.3 Å². The number of nitro groups is 1. The van der Waals surface area contributed by atoms with E-state index in [4.69, 9.17) is 14.2 Å². The molecule has 9 heteroatoms. The summed E-state index contributed by atoms with van der Waals surface area (Å²) >= 11 is 0. The zero-order valence-corrected chi connectivity index (χ0v) is 17.0. The summed E-state index contributed by atoms with van der Waals surface area (Å²) in [5, 5.41) is 13.4. The Morgan fingerprint density at radius 3 is 2.50 bits per heavy atom. The van der Waals surface area contributed by atoms with Crippen molar-refractivity contribution in [3.8, 4) is 11.5 Å². The third kappa shape index (κ3) is 6.47. The van der Waals surface area contributed by atoms with Crippen molar-refractivity contribution in [1.29, 1.82) is 0 Å². The van der Waals surface area contributed by atoms with E-state index in [1.807, 2.05) is 20.8 Å². The molecule has 2 aromatic rings. The Hall–Kier alpha value is -3.62. The summed E-state index contributed by atoms with van der Waals surface area (Å²) in [4.78, 5) is 34.7. The molecule has 0 aliphatic heterocycles. The smallest absolute Gasteiger partial charge is 0.338 e. The number of anilines is 1. The van der Waals surface area contributed by atoms with Crippen molar-refractivity contribution < 1.29 is 28.7 Å². The zero-order valence-electron chi connectivity index (χ0n) is 17.0. The summed E-state index contributed by atoms with van der Waals surface area (Å²) in [6.45, 7) is 6.12. The fraction of sp³-hybridized carbons (Fsp3) is 0.333. The van der Waals surface area contributed by atoms with Crippen molar-refractivity contribution in [2.75, 3.05) is 25.1 Å². The fourth-order valence-corrected chi connectivity index (χ4v) is 2.42. The first kappa shape index (κ1) is 22.7. The van der Waals surface area contributed by atoms with E-state index in [0.717, 1.165) is 0 Å². The van der Waals surface area contributed by atoms with Gasteiger partial charge in [0, 0.05) is 6.07 Å². The molecule has 0 fully saturated rings. The highest BCUT2D eigenvalue weighted by Gasteiger charge is 2.17. The molecule has 0 radical (unpaired) electrons. The van der Waals surface area contributed by atoms with Gasteiger partial charge in [-0.05, 0) is 37.1 Å². The van der Waals surface area contributed by atoms with Crippen molar-refractivity contribution in [3.05, 3.63) is 58.1 Å². The SMILES string of the molecule is CCOc1cc(C(=O)OCC(=O)Nc2ccccc2[N+](=O)[O-])ccc1OCC(C)C. The Morgan fingerprint density at radius 2 is 1.83 bits per heavy atom. The average molecular weight is 416 g/mol. The van der Waals surface area contributed by atoms with Crippen LogP contribution in [0.3, 0.4) is 0 Å². The summed E-state index contributed by atoms with van der Waals surface area (Å²) in [6, 6.07) is 10.3. The first-order valence-corrected chi connectivity index (χ1v) is 9.41. The zero-order chi connectivity index (χ0) is 22.1. The number of hydrogen-bond donors (Lipinski definition) is 1. The van der Waals surface area contributed by atoms with Crippen LogP contribution in [-0.2, 0) is 9.53 Å². The van der Waals surface area contributed by atoms with Gasteiger partial charge in [-0.1, -0.05) is 26.0 Å². The predicted molar refractivity (Wildman–Crippen MR) is 110 cm³/mol. The number of rotatable bonds is 10. The van der Waals surface area contributed by atoms with Gasteiger partial charge >= 0.3 is 5.97 Å². The quantitative estimate of drug-likeness (QED) is 0.355. The number of nitrogens with one attached hydrogen (secondary N) is 1. The number of para-hydroxylation sites is 2. The maximum absolute atomic E-state index is 12.3. The summed E-state index contributed by atoms with van der Waals surface area (Å²) in [7, 11) is 0. The molecule has 0 unspecified atom stereocenters. The van der Waals surface area contributed by atoms with E-state index >= 15 is 0 Å². The second-order valence-corrected chi connectivity index (χ2v) is 6.70. The fourth-order valence-electron chi connectivity index (χ4n) is 2.42. The molecule has 0 saturated carbocycles. The standard InChI is InChI=1S/C21H24N2O7/c1-4-28-19-11-15(9-10-18(19)29-12-14(2)3)21(25)30-13-20(24)22-16-7-5-6-8-17(16)23(26)27/h5-11,14H,4,12-13H2,1-3H3,(H,22,24). The maximum Gasteiger partial charge on any atom is 0.338 e. The van der Waals surface area contributed by atoms with Crippen LogP contribution in [0.5, 0.6) is 11.5 Å². The van der Waals surface area contributed by atoms with Crippen LogP contribution in [-0.4, -0.2) is 36.6 Å². The van der Waals surface area contributed by atoms with Gasteiger partial charge in [-0.25, -0.2) is 4.79 Å². The highest BCUT2D eigenvalue weighted by Crippen LogP contribution is 2.29. The molecular formula is C21H24N2O7. The van der Waals surface area contributed by atoms with Gasteiger partial charge in [-0.3, -0.25) is 14.9 Å². The van der Waals surface area contributed by atoms with Crippen LogP contribution in [0.4, 0.5) is 11.4 Å². The van der Waals surface area contributed by atoms with E-state index in [0.29, 0.717) is 30.6 Å². The average Bonchev–Trinajstić information content (AvgIpc) is 2.71. The minimum Gasteiger partial charge on any atom is -0.490 e. The van der Waals surface area contributed by atoms with E-state index in [1.165, 1.54) is 30.3 Å². The van der Waals surface area contributed by atoms with Crippen LogP contribution in [0, 0.1) is 16.0 Å². The van der Waals surface area contributed by atoms with Crippen molar-refractivity contribution in [2.24, 2.45) is 5.92 Å². The van der Waals surface area contributed by atoms with Crippen LogP contribution in [0.15, 0.2) is 42.5 Å². The monoisotopic (exact) mass is 416 g/mol. The number of hydrogen-bond acceptors (Lipinski definition) is 7. The number of carbonyl (C=O) groups is 2. The van der Waals surface area contributed by atoms with E-state index in [-0.39, 0.29) is 16.9 Å². The summed E-state index contributed by atoms with van der Waals surface area (Å²) in [6.07, 6.45) is 0. The second-order valence-electron chi connectivity index (χ2n) is 6.70. The lowest BCUT2D eigenvalue weighted by Gasteiger charge is -2.14. The van der Waals surface area contributed by atoms with Crippen molar-refractivity contribution in [3.63, 3.8) is 0 Å². The Kier molecular flexibility index (Phi) is 8.16. The van der Waals surface area contributed by atoms with Crippen LogP contribution in [0.1, 0.15) is 31.1 Å². The maximum atomic E-state index is 12.3. The normalized spacial score (nSPS) is 10.4. The van der Waals surface area contributed by atoms with Crippen LogP contribution in [0.2, 0.25) is 0 Å². The van der Waals surface area contributed by atoms with Gasteiger partial charge < -0.3 is 19.5 Å². The molecule has 0 aromatic heterocycles. The molecule has 0 aliphatic rings. The highest BCUT2D eigenvalue weighted by molar-refractivity contribution is 5.97. The molecule has 0 bridgehead atoms. The van der Waals surface area contributed by atoms with Crippen molar-refractivity contribution in [1.82, 2.24) is 0 Å². The Labute approximate surface area is 174 Å². The van der Waals surface area contributed by atoms with Gasteiger partial charge in [0.2, 0.25) is 0 Å². The van der Waals surface area contributed by atoms with E-state index < -0.39 is 23.4 Å². The minimum atomic E-state index is -0.732. The van der Waals surface area contributed by atoms with Gasteiger partial charge in [0.05, 0.1) is 23.7 Å². The Balaban J connectivity index is 2.01. The molecule has 2 aromatic carbocycles. The van der Waals surface area contributed by atoms with Crippen LogP contribution < -0.4 is 14.8 Å². The highest BCUT2D eigenvalue weighted by atomic mass is 16.6. The lowest BCUT2D eigenvalue weighted by atomic mass is 10.2. The third-order valence-corrected chi connectivity index (χ3v) is 3.76. The second kappa shape index (κ2) is 10.8. The van der Waals surface area contributed by atoms with Gasteiger partial charge in [0.25, 0.3) is 11.6 Å². The third-order valence-electron chi connectivity index (χ3n) is 3.76. The summed E-state index contributed by atoms with van der Waals surface area (Å²) in [5.41, 5.74) is -0.0433. The number of nitro benzene ring substituents is 1. The Morgan fingerprint density at radius 1 is 1.10 bits per heavy atom. The van der Waals surface area contributed by atoms with Crippen LogP contribution in [0.25, 0.3) is 0 Å². The molecule has 2 rings (SSSR count). The molecule has 160 valence electrons. The molecule has 30 heavy (non-hydrogen) atoms. The molecule has 1 amide bonds. The van der Waals surface area contributed by atoms with E-state index in [9.17, 15) is 19.7 Å². The molecular weight excluding hydrogens is 392 g/mol. The van der Waals surface area contributed by atoms with Crippen molar-refractivity contribution in [2.45, 2.75) is 20.8 Å². The predicted octanol–water partition coefficient (Wildman–Crippen LogP) is 3.82. The molecule has 0 saturated heterocycles. The van der Waals surface area contributed by atoms with Gasteiger partial charge in [-0.15, -0.1) is 0 Å². The number of amides is 1. The number of ether oxygens (including phenoxy) is 3. The van der Waals surface area contributed by atoms with Gasteiger partial charge in [0.1, 0.15) is 5.69 Å². The lowest BCUT2D eigenvalue weighted by Crippen LogP contribution is -2.21.